The summed E-state index contributed by atoms with van der Waals surface area (Å²) in [4.78, 5) is 14.2. The Morgan fingerprint density at radius 2 is 1.71 bits per heavy atom. The second-order valence-corrected chi connectivity index (χ2v) is 9.11. The first-order valence-corrected chi connectivity index (χ1v) is 11.2. The highest BCUT2D eigenvalue weighted by Crippen LogP contribution is 2.21. The van der Waals surface area contributed by atoms with Crippen LogP contribution in [-0.4, -0.2) is 19.2 Å². The monoisotopic (exact) mass is 445 g/mol. The Bertz CT molecular complexity index is 1090. The predicted molar refractivity (Wildman–Crippen MR) is 113 cm³/mol. The number of halogens is 1. The summed E-state index contributed by atoms with van der Waals surface area (Å²) in [5.41, 5.74) is 0.815. The van der Waals surface area contributed by atoms with Crippen LogP contribution in [0.5, 0.6) is 5.75 Å². The van der Waals surface area contributed by atoms with Gasteiger partial charge in [0, 0.05) is 13.0 Å². The van der Waals surface area contributed by atoms with Gasteiger partial charge in [0.1, 0.15) is 22.2 Å². The Labute approximate surface area is 181 Å². The van der Waals surface area contributed by atoms with Gasteiger partial charge in [0.05, 0.1) is 12.8 Å². The van der Waals surface area contributed by atoms with Gasteiger partial charge < -0.3 is 13.5 Å². The molecule has 0 aliphatic rings. The van der Waals surface area contributed by atoms with Gasteiger partial charge in [0.25, 0.3) is 0 Å². The molecule has 1 amide bonds. The molecule has 0 spiro atoms. The lowest BCUT2D eigenvalue weighted by Crippen LogP contribution is -2.30. The largest absolute Gasteiger partial charge is 0.467 e. The lowest BCUT2D eigenvalue weighted by Gasteiger charge is -2.23. The van der Waals surface area contributed by atoms with E-state index in [1.165, 1.54) is 12.1 Å². The summed E-state index contributed by atoms with van der Waals surface area (Å²) in [7, 11) is -4.07. The molecule has 0 unspecified atom stereocenters. The standard InChI is InChI=1S/C23H24FNO5S/c1-17(2)14-23(26)25(16-21-4-3-13-29-21)15-18-5-9-20(10-6-18)30-31(27,28)22-11-7-19(24)8-12-22/h3-13,17H,14-16H2,1-2H3. The zero-order valence-corrected chi connectivity index (χ0v) is 18.1. The van der Waals surface area contributed by atoms with E-state index in [0.717, 1.165) is 29.8 Å². The van der Waals surface area contributed by atoms with E-state index in [2.05, 4.69) is 0 Å². The average molecular weight is 446 g/mol. The second kappa shape index (κ2) is 9.78. The molecule has 0 aliphatic carbocycles. The zero-order chi connectivity index (χ0) is 22.4. The molecule has 0 fully saturated rings. The molecule has 31 heavy (non-hydrogen) atoms. The van der Waals surface area contributed by atoms with Crippen molar-refractivity contribution in [1.82, 2.24) is 4.90 Å². The zero-order valence-electron chi connectivity index (χ0n) is 17.3. The molecule has 0 N–H and O–H groups in total. The van der Waals surface area contributed by atoms with Crippen LogP contribution in [0, 0.1) is 11.7 Å². The Balaban J connectivity index is 1.71. The lowest BCUT2D eigenvalue weighted by molar-refractivity contribution is -0.133. The number of benzene rings is 2. The first kappa shape index (κ1) is 22.6. The average Bonchev–Trinajstić information content (AvgIpc) is 3.22. The van der Waals surface area contributed by atoms with E-state index in [0.29, 0.717) is 25.3 Å². The molecule has 0 bridgehead atoms. The van der Waals surface area contributed by atoms with Crippen molar-refractivity contribution in [3.63, 3.8) is 0 Å². The Kier molecular flexibility index (Phi) is 7.12. The van der Waals surface area contributed by atoms with Crippen molar-refractivity contribution >= 4 is 16.0 Å². The Morgan fingerprint density at radius 3 is 2.29 bits per heavy atom. The molecule has 3 aromatic rings. The second-order valence-electron chi connectivity index (χ2n) is 7.56. The molecule has 6 nitrogen and oxygen atoms in total. The first-order chi connectivity index (χ1) is 14.7. The normalized spacial score (nSPS) is 11.5. The van der Waals surface area contributed by atoms with E-state index in [-0.39, 0.29) is 22.5 Å². The fourth-order valence-electron chi connectivity index (χ4n) is 2.95. The van der Waals surface area contributed by atoms with Crippen molar-refractivity contribution < 1.29 is 26.2 Å². The van der Waals surface area contributed by atoms with Gasteiger partial charge >= 0.3 is 10.1 Å². The van der Waals surface area contributed by atoms with E-state index >= 15 is 0 Å². The molecule has 0 aliphatic heterocycles. The highest BCUT2D eigenvalue weighted by Gasteiger charge is 2.19. The molecule has 1 heterocycles. The van der Waals surface area contributed by atoms with E-state index in [1.807, 2.05) is 19.9 Å². The van der Waals surface area contributed by atoms with Crippen molar-refractivity contribution in [3.05, 3.63) is 84.1 Å². The van der Waals surface area contributed by atoms with Crippen LogP contribution >= 0.6 is 0 Å². The maximum atomic E-state index is 13.0. The molecule has 2 aromatic carbocycles. The van der Waals surface area contributed by atoms with Crippen LogP contribution in [0.2, 0.25) is 0 Å². The van der Waals surface area contributed by atoms with Crippen LogP contribution in [0.15, 0.2) is 76.2 Å². The minimum Gasteiger partial charge on any atom is -0.467 e. The summed E-state index contributed by atoms with van der Waals surface area (Å²) in [6.07, 6.45) is 1.98. The molecular weight excluding hydrogens is 421 g/mol. The quantitative estimate of drug-likeness (QED) is 0.444. The third-order valence-corrected chi connectivity index (χ3v) is 5.73. The topological polar surface area (TPSA) is 76.8 Å². The highest BCUT2D eigenvalue weighted by molar-refractivity contribution is 7.87. The van der Waals surface area contributed by atoms with Crippen LogP contribution in [0.4, 0.5) is 4.39 Å². The number of rotatable bonds is 9. The summed E-state index contributed by atoms with van der Waals surface area (Å²) in [6, 6.07) is 14.4. The summed E-state index contributed by atoms with van der Waals surface area (Å²) in [5, 5.41) is 0. The van der Waals surface area contributed by atoms with Gasteiger partial charge in [0.15, 0.2) is 0 Å². The summed E-state index contributed by atoms with van der Waals surface area (Å²) in [5.74, 6) is 0.501. The number of furan rings is 1. The van der Waals surface area contributed by atoms with Crippen molar-refractivity contribution in [2.24, 2.45) is 5.92 Å². The summed E-state index contributed by atoms with van der Waals surface area (Å²) < 4.78 is 48.2. The van der Waals surface area contributed by atoms with Gasteiger partial charge in [-0.3, -0.25) is 4.79 Å². The van der Waals surface area contributed by atoms with Crippen molar-refractivity contribution in [3.8, 4) is 5.75 Å². The number of carbonyl (C=O) groups is 1. The molecule has 0 radical (unpaired) electrons. The predicted octanol–water partition coefficient (Wildman–Crippen LogP) is 4.76. The number of hydrogen-bond donors (Lipinski definition) is 0. The van der Waals surface area contributed by atoms with Gasteiger partial charge in [-0.05, 0) is 60.0 Å². The summed E-state index contributed by atoms with van der Waals surface area (Å²) in [6.45, 7) is 4.65. The maximum Gasteiger partial charge on any atom is 0.339 e. The first-order valence-electron chi connectivity index (χ1n) is 9.82. The minimum absolute atomic E-state index is 0.00520. The van der Waals surface area contributed by atoms with Gasteiger partial charge in [-0.1, -0.05) is 26.0 Å². The van der Waals surface area contributed by atoms with Crippen LogP contribution in [0.3, 0.4) is 0 Å². The molecule has 0 saturated heterocycles. The molecule has 8 heteroatoms. The van der Waals surface area contributed by atoms with Crippen molar-refractivity contribution in [2.45, 2.75) is 38.3 Å². The van der Waals surface area contributed by atoms with Gasteiger partial charge in [-0.15, -0.1) is 0 Å². The third kappa shape index (κ3) is 6.42. The number of hydrogen-bond acceptors (Lipinski definition) is 5. The fourth-order valence-corrected chi connectivity index (χ4v) is 3.88. The molecule has 3 rings (SSSR count). The highest BCUT2D eigenvalue weighted by atomic mass is 32.2. The van der Waals surface area contributed by atoms with Crippen molar-refractivity contribution in [1.29, 1.82) is 0 Å². The third-order valence-electron chi connectivity index (χ3n) is 4.47. The van der Waals surface area contributed by atoms with Crippen LogP contribution in [0.1, 0.15) is 31.6 Å². The Morgan fingerprint density at radius 1 is 1.03 bits per heavy atom. The fraction of sp³-hybridized carbons (Fsp3) is 0.261. The Hall–Kier alpha value is -3.13. The van der Waals surface area contributed by atoms with Gasteiger partial charge in [-0.25, -0.2) is 4.39 Å². The van der Waals surface area contributed by atoms with E-state index in [4.69, 9.17) is 8.60 Å². The number of nitrogens with zero attached hydrogens (tertiary/aromatic N) is 1. The van der Waals surface area contributed by atoms with Gasteiger partial charge in [0.2, 0.25) is 5.91 Å². The lowest BCUT2D eigenvalue weighted by atomic mass is 10.1. The van der Waals surface area contributed by atoms with Crippen LogP contribution in [0.25, 0.3) is 0 Å². The van der Waals surface area contributed by atoms with Crippen molar-refractivity contribution in [2.75, 3.05) is 0 Å². The SMILES string of the molecule is CC(C)CC(=O)N(Cc1ccc(OS(=O)(=O)c2ccc(F)cc2)cc1)Cc1ccco1. The molecule has 164 valence electrons. The van der Waals surface area contributed by atoms with Crippen LogP contribution < -0.4 is 4.18 Å². The van der Waals surface area contributed by atoms with Gasteiger partial charge in [-0.2, -0.15) is 8.42 Å². The molecule has 1 aromatic heterocycles. The summed E-state index contributed by atoms with van der Waals surface area (Å²) >= 11 is 0. The van der Waals surface area contributed by atoms with Crippen LogP contribution in [-0.2, 0) is 28.0 Å². The number of carbonyl (C=O) groups excluding carboxylic acids is 1. The molecular formula is C23H24FNO5S. The maximum absolute atomic E-state index is 13.0. The molecule has 0 atom stereocenters. The van der Waals surface area contributed by atoms with E-state index < -0.39 is 15.9 Å². The minimum atomic E-state index is -4.07. The number of amides is 1. The van der Waals surface area contributed by atoms with E-state index in [9.17, 15) is 17.6 Å². The smallest absolute Gasteiger partial charge is 0.339 e. The molecule has 0 saturated carbocycles. The van der Waals surface area contributed by atoms with E-state index in [1.54, 1.807) is 29.4 Å².